The summed E-state index contributed by atoms with van der Waals surface area (Å²) >= 11 is 4.28. The average Bonchev–Trinajstić information content (AvgIpc) is 3.50. The van der Waals surface area contributed by atoms with Crippen LogP contribution in [0.1, 0.15) is 10.4 Å². The van der Waals surface area contributed by atoms with Crippen molar-refractivity contribution in [1.29, 1.82) is 0 Å². The van der Waals surface area contributed by atoms with Gasteiger partial charge in [0.05, 0.1) is 21.2 Å². The first-order valence-corrected chi connectivity index (χ1v) is 12.3. The van der Waals surface area contributed by atoms with Gasteiger partial charge in [-0.3, -0.25) is 19.7 Å². The van der Waals surface area contributed by atoms with E-state index in [0.717, 1.165) is 15.5 Å². The van der Waals surface area contributed by atoms with Crippen LogP contribution in [-0.2, 0) is 4.79 Å². The molecule has 0 bridgehead atoms. The normalized spacial score (nSPS) is 10.5. The molecule has 0 aliphatic rings. The lowest BCUT2D eigenvalue weighted by molar-refractivity contribution is -0.384. The first-order valence-electron chi connectivity index (χ1n) is 9.56. The van der Waals surface area contributed by atoms with Crippen LogP contribution < -0.4 is 10.6 Å². The minimum atomic E-state index is -0.548. The molecule has 0 aliphatic carbocycles. The number of thiophene rings is 1. The summed E-state index contributed by atoms with van der Waals surface area (Å²) in [6.07, 6.45) is 0. The minimum absolute atomic E-state index is 0.152. The van der Waals surface area contributed by atoms with Gasteiger partial charge in [-0.15, -0.1) is 34.4 Å². The standard InChI is InChI=1S/C22H16N4O4S3/c27-20(25-22-24-18(12-33-22)19-8-3-9-31-19)13-32-17-7-2-5-15(11-17)23-21(28)14-4-1-6-16(10-14)26(29)30/h1-12H,13H2,(H,23,28)(H,24,25,27). The molecular formula is C22H16N4O4S3. The molecule has 0 aliphatic heterocycles. The van der Waals surface area contributed by atoms with Crippen molar-refractivity contribution in [3.8, 4) is 10.6 Å². The lowest BCUT2D eigenvalue weighted by Crippen LogP contribution is -2.14. The first-order chi connectivity index (χ1) is 16.0. The van der Waals surface area contributed by atoms with Gasteiger partial charge in [-0.05, 0) is 35.7 Å². The van der Waals surface area contributed by atoms with E-state index in [2.05, 4.69) is 15.6 Å². The van der Waals surface area contributed by atoms with Gasteiger partial charge >= 0.3 is 0 Å². The molecule has 2 aromatic carbocycles. The van der Waals surface area contributed by atoms with Crippen molar-refractivity contribution in [3.63, 3.8) is 0 Å². The fourth-order valence-electron chi connectivity index (χ4n) is 2.80. The number of nitrogens with one attached hydrogen (secondary N) is 2. The zero-order chi connectivity index (χ0) is 23.2. The van der Waals surface area contributed by atoms with Gasteiger partial charge in [0.1, 0.15) is 0 Å². The van der Waals surface area contributed by atoms with Gasteiger partial charge in [0.2, 0.25) is 5.91 Å². The molecule has 2 N–H and O–H groups in total. The van der Waals surface area contributed by atoms with E-state index in [9.17, 15) is 19.7 Å². The number of hydrogen-bond acceptors (Lipinski definition) is 8. The Bertz CT molecular complexity index is 1300. The Morgan fingerprint density at radius 1 is 1.03 bits per heavy atom. The Morgan fingerprint density at radius 3 is 2.67 bits per heavy atom. The van der Waals surface area contributed by atoms with Crippen LogP contribution in [0.2, 0.25) is 0 Å². The Labute approximate surface area is 200 Å². The van der Waals surface area contributed by atoms with Crippen molar-refractivity contribution < 1.29 is 14.5 Å². The number of nitro groups is 1. The van der Waals surface area contributed by atoms with E-state index in [0.29, 0.717) is 10.8 Å². The number of nitro benzene ring substituents is 1. The van der Waals surface area contributed by atoms with E-state index in [1.165, 1.54) is 47.4 Å². The zero-order valence-electron chi connectivity index (χ0n) is 16.9. The van der Waals surface area contributed by atoms with Crippen LogP contribution in [0.15, 0.2) is 76.3 Å². The van der Waals surface area contributed by atoms with Crippen molar-refractivity contribution in [2.75, 3.05) is 16.4 Å². The van der Waals surface area contributed by atoms with Gasteiger partial charge in [-0.25, -0.2) is 4.98 Å². The van der Waals surface area contributed by atoms with Crippen LogP contribution in [-0.4, -0.2) is 27.5 Å². The van der Waals surface area contributed by atoms with Gasteiger partial charge < -0.3 is 10.6 Å². The second kappa shape index (κ2) is 10.4. The third-order valence-corrected chi connectivity index (χ3v) is 6.95. The number of non-ortho nitro benzene ring substituents is 1. The van der Waals surface area contributed by atoms with E-state index in [-0.39, 0.29) is 22.9 Å². The highest BCUT2D eigenvalue weighted by Crippen LogP contribution is 2.29. The van der Waals surface area contributed by atoms with Crippen molar-refractivity contribution in [1.82, 2.24) is 4.98 Å². The van der Waals surface area contributed by atoms with E-state index >= 15 is 0 Å². The SMILES string of the molecule is O=C(CSc1cccc(NC(=O)c2cccc([N+](=O)[O-])c2)c1)Nc1nc(-c2cccs2)cs1. The monoisotopic (exact) mass is 496 g/mol. The molecule has 166 valence electrons. The van der Waals surface area contributed by atoms with Crippen LogP contribution in [0.5, 0.6) is 0 Å². The highest BCUT2D eigenvalue weighted by Gasteiger charge is 2.13. The summed E-state index contributed by atoms with van der Waals surface area (Å²) in [4.78, 5) is 41.4. The van der Waals surface area contributed by atoms with Crippen LogP contribution in [0.3, 0.4) is 0 Å². The molecule has 8 nitrogen and oxygen atoms in total. The molecule has 2 amide bonds. The van der Waals surface area contributed by atoms with E-state index in [4.69, 9.17) is 0 Å². The van der Waals surface area contributed by atoms with Crippen LogP contribution in [0.25, 0.3) is 10.6 Å². The lowest BCUT2D eigenvalue weighted by atomic mass is 10.2. The quantitative estimate of drug-likeness (QED) is 0.182. The molecule has 0 unspecified atom stereocenters. The molecule has 0 saturated heterocycles. The van der Waals surface area contributed by atoms with E-state index in [1.807, 2.05) is 29.0 Å². The Kier molecular flexibility index (Phi) is 7.13. The maximum atomic E-state index is 12.4. The summed E-state index contributed by atoms with van der Waals surface area (Å²) in [5, 5.41) is 20.9. The lowest BCUT2D eigenvalue weighted by Gasteiger charge is -2.08. The predicted molar refractivity (Wildman–Crippen MR) is 132 cm³/mol. The fraction of sp³-hybridized carbons (Fsp3) is 0.0455. The molecule has 0 radical (unpaired) electrons. The van der Waals surface area contributed by atoms with Crippen molar-refractivity contribution in [3.05, 3.63) is 87.1 Å². The molecule has 0 atom stereocenters. The van der Waals surface area contributed by atoms with Gasteiger partial charge in [-0.1, -0.05) is 18.2 Å². The summed E-state index contributed by atoms with van der Waals surface area (Å²) < 4.78 is 0. The highest BCUT2D eigenvalue weighted by atomic mass is 32.2. The van der Waals surface area contributed by atoms with Crippen molar-refractivity contribution in [2.45, 2.75) is 4.90 Å². The fourth-order valence-corrected chi connectivity index (χ4v) is 5.04. The van der Waals surface area contributed by atoms with Gasteiger partial charge in [0.15, 0.2) is 5.13 Å². The molecular weight excluding hydrogens is 480 g/mol. The molecule has 0 saturated carbocycles. The van der Waals surface area contributed by atoms with Crippen molar-refractivity contribution in [2.24, 2.45) is 0 Å². The largest absolute Gasteiger partial charge is 0.322 e. The maximum Gasteiger partial charge on any atom is 0.270 e. The Morgan fingerprint density at radius 2 is 1.88 bits per heavy atom. The van der Waals surface area contributed by atoms with E-state index < -0.39 is 10.8 Å². The number of nitrogens with zero attached hydrogens (tertiary/aromatic N) is 2. The number of carbonyl (C=O) groups is 2. The third-order valence-electron chi connectivity index (χ3n) is 4.31. The number of amides is 2. The summed E-state index contributed by atoms with van der Waals surface area (Å²) in [6, 6.07) is 16.5. The molecule has 33 heavy (non-hydrogen) atoms. The van der Waals surface area contributed by atoms with Crippen LogP contribution >= 0.6 is 34.4 Å². The van der Waals surface area contributed by atoms with Crippen LogP contribution in [0, 0.1) is 10.1 Å². The Hall–Kier alpha value is -3.54. The number of rotatable bonds is 8. The average molecular weight is 497 g/mol. The van der Waals surface area contributed by atoms with E-state index in [1.54, 1.807) is 29.5 Å². The van der Waals surface area contributed by atoms with Crippen molar-refractivity contribution >= 4 is 62.8 Å². The topological polar surface area (TPSA) is 114 Å². The molecule has 0 fully saturated rings. The second-order valence-electron chi connectivity index (χ2n) is 6.64. The number of thioether (sulfide) groups is 1. The van der Waals surface area contributed by atoms with Gasteiger partial charge in [-0.2, -0.15) is 0 Å². The summed E-state index contributed by atoms with van der Waals surface area (Å²) in [7, 11) is 0. The van der Waals surface area contributed by atoms with Crippen LogP contribution in [0.4, 0.5) is 16.5 Å². The minimum Gasteiger partial charge on any atom is -0.322 e. The Balaban J connectivity index is 1.32. The zero-order valence-corrected chi connectivity index (χ0v) is 19.3. The molecule has 2 aromatic heterocycles. The van der Waals surface area contributed by atoms with Gasteiger partial charge in [0, 0.05) is 33.7 Å². The molecule has 4 rings (SSSR count). The first kappa shape index (κ1) is 22.6. The molecule has 4 aromatic rings. The summed E-state index contributed by atoms with van der Waals surface area (Å²) in [6.45, 7) is 0. The molecule has 2 heterocycles. The number of hydrogen-bond donors (Lipinski definition) is 2. The number of aromatic nitrogens is 1. The highest BCUT2D eigenvalue weighted by molar-refractivity contribution is 8.00. The number of benzene rings is 2. The molecule has 11 heteroatoms. The molecule has 0 spiro atoms. The maximum absolute atomic E-state index is 12.4. The summed E-state index contributed by atoms with van der Waals surface area (Å²) in [5.41, 5.74) is 1.40. The second-order valence-corrected chi connectivity index (χ2v) is 9.50. The predicted octanol–water partition coefficient (Wildman–Crippen LogP) is 5.76. The number of thiazole rings is 1. The van der Waals surface area contributed by atoms with Gasteiger partial charge in [0.25, 0.3) is 11.6 Å². The number of anilines is 2. The summed E-state index contributed by atoms with van der Waals surface area (Å²) in [5.74, 6) is -0.460. The number of carbonyl (C=O) groups excluding carboxylic acids is 2. The smallest absolute Gasteiger partial charge is 0.270 e. The third kappa shape index (κ3) is 6.04.